The Morgan fingerprint density at radius 2 is 1.91 bits per heavy atom. The highest BCUT2D eigenvalue weighted by Gasteiger charge is 2.23. The molecule has 4 rings (SSSR count). The summed E-state index contributed by atoms with van der Waals surface area (Å²) in [6.45, 7) is 2.26. The minimum atomic E-state index is -3.53. The maximum Gasteiger partial charge on any atom is 0.229 e. The second kappa shape index (κ2) is 10.7. The van der Waals surface area contributed by atoms with E-state index in [-0.39, 0.29) is 35.9 Å². The van der Waals surface area contributed by atoms with Gasteiger partial charge in [-0.2, -0.15) is 0 Å². The largest absolute Gasteiger partial charge is 0.494 e. The van der Waals surface area contributed by atoms with Crippen LogP contribution in [0.15, 0.2) is 65.8 Å². The molecule has 0 fully saturated rings. The van der Waals surface area contributed by atoms with Gasteiger partial charge in [0.05, 0.1) is 29.0 Å². The SMILES string of the molecule is COc1ccc(C)c2sc(N(Cc3cccnc3)C(=O)CCCS(=O)(=O)c3ccc(Cl)cc3)nc12. The number of aryl methyl sites for hydroxylation is 1. The van der Waals surface area contributed by atoms with Gasteiger partial charge in [-0.25, -0.2) is 13.4 Å². The molecule has 10 heteroatoms. The molecule has 1 amide bonds. The molecule has 0 N–H and O–H groups in total. The lowest BCUT2D eigenvalue weighted by atomic mass is 10.2. The topological polar surface area (TPSA) is 89.5 Å². The van der Waals surface area contributed by atoms with Gasteiger partial charge in [0.15, 0.2) is 15.0 Å². The summed E-state index contributed by atoms with van der Waals surface area (Å²) in [5, 5.41) is 0.995. The third-order valence-corrected chi connectivity index (χ3v) is 8.77. The highest BCUT2D eigenvalue weighted by atomic mass is 35.5. The predicted molar refractivity (Wildman–Crippen MR) is 139 cm³/mol. The molecule has 0 spiro atoms. The lowest BCUT2D eigenvalue weighted by molar-refractivity contribution is -0.118. The Morgan fingerprint density at radius 3 is 2.60 bits per heavy atom. The highest BCUT2D eigenvalue weighted by molar-refractivity contribution is 7.91. The maximum atomic E-state index is 13.4. The van der Waals surface area contributed by atoms with E-state index in [1.807, 2.05) is 31.2 Å². The number of thiazole rings is 1. The van der Waals surface area contributed by atoms with Crippen LogP contribution in [-0.2, 0) is 21.2 Å². The summed E-state index contributed by atoms with van der Waals surface area (Å²) in [6, 6.07) is 13.5. The number of carbonyl (C=O) groups is 1. The Labute approximate surface area is 213 Å². The highest BCUT2D eigenvalue weighted by Crippen LogP contribution is 2.37. The third-order valence-electron chi connectivity index (χ3n) is 5.48. The Hall–Kier alpha value is -3.01. The summed E-state index contributed by atoms with van der Waals surface area (Å²) in [7, 11) is -1.94. The normalized spacial score (nSPS) is 11.5. The molecule has 2 heterocycles. The van der Waals surface area contributed by atoms with E-state index in [0.29, 0.717) is 21.4 Å². The average Bonchev–Trinajstić information content (AvgIpc) is 3.30. The van der Waals surface area contributed by atoms with Crippen molar-refractivity contribution in [2.45, 2.75) is 31.2 Å². The van der Waals surface area contributed by atoms with Crippen molar-refractivity contribution in [3.8, 4) is 5.75 Å². The van der Waals surface area contributed by atoms with Crippen LogP contribution in [-0.4, -0.2) is 37.2 Å². The molecule has 0 aliphatic rings. The fraction of sp³-hybridized carbons (Fsp3) is 0.240. The number of rotatable bonds is 9. The van der Waals surface area contributed by atoms with Gasteiger partial charge in [0.25, 0.3) is 0 Å². The molecule has 7 nitrogen and oxygen atoms in total. The number of sulfone groups is 1. The Kier molecular flexibility index (Phi) is 7.69. The van der Waals surface area contributed by atoms with Crippen molar-refractivity contribution >= 4 is 54.0 Å². The van der Waals surface area contributed by atoms with Crippen molar-refractivity contribution in [2.75, 3.05) is 17.8 Å². The maximum absolute atomic E-state index is 13.4. The van der Waals surface area contributed by atoms with Gasteiger partial charge in [-0.3, -0.25) is 14.7 Å². The summed E-state index contributed by atoms with van der Waals surface area (Å²) in [5.74, 6) is 0.278. The molecule has 0 radical (unpaired) electrons. The van der Waals surface area contributed by atoms with Gasteiger partial charge in [0, 0.05) is 23.8 Å². The number of aromatic nitrogens is 2. The summed E-state index contributed by atoms with van der Waals surface area (Å²) in [6.07, 6.45) is 3.60. The molecule has 0 saturated heterocycles. The van der Waals surface area contributed by atoms with Crippen molar-refractivity contribution in [1.82, 2.24) is 9.97 Å². The monoisotopic (exact) mass is 529 g/mol. The van der Waals surface area contributed by atoms with Gasteiger partial charge in [0.2, 0.25) is 5.91 Å². The first-order chi connectivity index (χ1) is 16.8. The first-order valence-electron chi connectivity index (χ1n) is 10.9. The van der Waals surface area contributed by atoms with Crippen molar-refractivity contribution in [2.24, 2.45) is 0 Å². The van der Waals surface area contributed by atoms with Crippen LogP contribution in [0.3, 0.4) is 0 Å². The Balaban J connectivity index is 1.57. The minimum absolute atomic E-state index is 0.0547. The van der Waals surface area contributed by atoms with Gasteiger partial charge in [-0.15, -0.1) is 0 Å². The van der Waals surface area contributed by atoms with E-state index < -0.39 is 9.84 Å². The van der Waals surface area contributed by atoms with Crippen LogP contribution in [0.5, 0.6) is 5.75 Å². The van der Waals surface area contributed by atoms with Crippen LogP contribution < -0.4 is 9.64 Å². The fourth-order valence-corrected chi connectivity index (χ4v) is 6.13. The van der Waals surface area contributed by atoms with E-state index in [1.165, 1.54) is 23.5 Å². The second-order valence-corrected chi connectivity index (χ2v) is 11.5. The van der Waals surface area contributed by atoms with Crippen LogP contribution in [0.1, 0.15) is 24.0 Å². The molecule has 35 heavy (non-hydrogen) atoms. The fourth-order valence-electron chi connectivity index (χ4n) is 3.62. The average molecular weight is 530 g/mol. The first-order valence-corrected chi connectivity index (χ1v) is 13.7. The molecule has 4 aromatic rings. The number of pyridine rings is 1. The zero-order valence-electron chi connectivity index (χ0n) is 19.3. The van der Waals surface area contributed by atoms with E-state index >= 15 is 0 Å². The molecule has 0 bridgehead atoms. The van der Waals surface area contributed by atoms with Crippen molar-refractivity contribution in [3.05, 3.63) is 77.1 Å². The quantitative estimate of drug-likeness (QED) is 0.286. The number of methoxy groups -OCH3 is 1. The van der Waals surface area contributed by atoms with E-state index in [4.69, 9.17) is 21.3 Å². The summed E-state index contributed by atoms with van der Waals surface area (Å²) in [5.41, 5.74) is 2.58. The van der Waals surface area contributed by atoms with Crippen molar-refractivity contribution < 1.29 is 17.9 Å². The summed E-state index contributed by atoms with van der Waals surface area (Å²) in [4.78, 5) is 24.0. The van der Waals surface area contributed by atoms with Crippen LogP contribution in [0.25, 0.3) is 10.2 Å². The number of halogens is 1. The molecule has 2 aromatic carbocycles. The van der Waals surface area contributed by atoms with Gasteiger partial charge in [-0.1, -0.05) is 35.1 Å². The zero-order chi connectivity index (χ0) is 25.0. The van der Waals surface area contributed by atoms with Gasteiger partial charge in [0.1, 0.15) is 11.3 Å². The molecule has 0 saturated carbocycles. The van der Waals surface area contributed by atoms with Crippen molar-refractivity contribution in [3.63, 3.8) is 0 Å². The van der Waals surface area contributed by atoms with Gasteiger partial charge in [-0.05, 0) is 60.9 Å². The number of fused-ring (bicyclic) bond motifs is 1. The van der Waals surface area contributed by atoms with E-state index in [9.17, 15) is 13.2 Å². The first kappa shape index (κ1) is 25.1. The number of benzene rings is 2. The lowest BCUT2D eigenvalue weighted by Crippen LogP contribution is -2.30. The number of anilines is 1. The van der Waals surface area contributed by atoms with E-state index in [1.54, 1.807) is 36.5 Å². The molecule has 0 aliphatic heterocycles. The van der Waals surface area contributed by atoms with E-state index in [0.717, 1.165) is 15.8 Å². The summed E-state index contributed by atoms with van der Waals surface area (Å²) >= 11 is 7.27. The molecule has 2 aromatic heterocycles. The van der Waals surface area contributed by atoms with Crippen LogP contribution in [0, 0.1) is 6.92 Å². The van der Waals surface area contributed by atoms with Crippen LogP contribution >= 0.6 is 22.9 Å². The summed E-state index contributed by atoms with van der Waals surface area (Å²) < 4.78 is 31.8. The Morgan fingerprint density at radius 1 is 1.14 bits per heavy atom. The number of carbonyl (C=O) groups excluding carboxylic acids is 1. The lowest BCUT2D eigenvalue weighted by Gasteiger charge is -2.20. The molecule has 0 unspecified atom stereocenters. The van der Waals surface area contributed by atoms with E-state index in [2.05, 4.69) is 4.98 Å². The number of amides is 1. The van der Waals surface area contributed by atoms with Gasteiger partial charge < -0.3 is 4.74 Å². The van der Waals surface area contributed by atoms with Crippen LogP contribution in [0.4, 0.5) is 5.13 Å². The second-order valence-electron chi connectivity index (χ2n) is 7.98. The molecule has 0 atom stereocenters. The van der Waals surface area contributed by atoms with Crippen LogP contribution in [0.2, 0.25) is 5.02 Å². The predicted octanol–water partition coefficient (Wildman–Crippen LogP) is 5.45. The number of ether oxygens (including phenoxy) is 1. The number of nitrogens with zero attached hydrogens (tertiary/aromatic N) is 3. The number of hydrogen-bond donors (Lipinski definition) is 0. The van der Waals surface area contributed by atoms with Crippen molar-refractivity contribution in [1.29, 1.82) is 0 Å². The standard InChI is InChI=1S/C25H24ClN3O4S2/c1-17-7-12-21(33-2)23-24(17)34-25(28-23)29(16-18-5-3-13-27-15-18)22(30)6-4-14-35(31,32)20-10-8-19(26)9-11-20/h3,5,7-13,15H,4,6,14,16H2,1-2H3. The molecular formula is C25H24ClN3O4S2. The third kappa shape index (κ3) is 5.80. The smallest absolute Gasteiger partial charge is 0.229 e. The molecular weight excluding hydrogens is 506 g/mol. The van der Waals surface area contributed by atoms with Gasteiger partial charge >= 0.3 is 0 Å². The minimum Gasteiger partial charge on any atom is -0.494 e. The Bertz CT molecular complexity index is 1440. The number of hydrogen-bond acceptors (Lipinski definition) is 7. The molecule has 0 aliphatic carbocycles. The zero-order valence-corrected chi connectivity index (χ0v) is 21.7. The molecule has 182 valence electrons.